The van der Waals surface area contributed by atoms with Gasteiger partial charge in [0.05, 0.1) is 18.1 Å². The van der Waals surface area contributed by atoms with E-state index in [-0.39, 0.29) is 11.7 Å². The van der Waals surface area contributed by atoms with Crippen molar-refractivity contribution >= 4 is 9.84 Å². The number of sulfone groups is 1. The van der Waals surface area contributed by atoms with Crippen molar-refractivity contribution in [3.63, 3.8) is 0 Å². The van der Waals surface area contributed by atoms with Crippen molar-refractivity contribution in [2.24, 2.45) is 0 Å². The summed E-state index contributed by atoms with van der Waals surface area (Å²) in [5, 5.41) is 13.7. The molecule has 0 aliphatic carbocycles. The molecule has 120 valence electrons. The molecule has 0 spiro atoms. The monoisotopic (exact) mass is 334 g/mol. The smallest absolute Gasteiger partial charge is 0.242 e. The number of benzene rings is 1. The van der Waals surface area contributed by atoms with Gasteiger partial charge in [-0.1, -0.05) is 35.5 Å². The van der Waals surface area contributed by atoms with Crippen LogP contribution in [0.2, 0.25) is 0 Å². The van der Waals surface area contributed by atoms with Crippen molar-refractivity contribution in [1.29, 1.82) is 0 Å². The second-order valence-corrected chi connectivity index (χ2v) is 7.08. The molecule has 0 fully saturated rings. The molecule has 0 amide bonds. The van der Waals surface area contributed by atoms with Gasteiger partial charge in [0.2, 0.25) is 11.7 Å². The van der Waals surface area contributed by atoms with Crippen LogP contribution < -0.4 is 0 Å². The van der Waals surface area contributed by atoms with Crippen LogP contribution in [0.1, 0.15) is 17.6 Å². The molecular formula is C15H14N2O5S. The predicted molar refractivity (Wildman–Crippen MR) is 80.9 cm³/mol. The van der Waals surface area contributed by atoms with Gasteiger partial charge >= 0.3 is 0 Å². The predicted octanol–water partition coefficient (Wildman–Crippen LogP) is 1.98. The number of furan rings is 1. The normalized spacial score (nSPS) is 13.1. The van der Waals surface area contributed by atoms with Crippen molar-refractivity contribution in [2.75, 3.05) is 5.75 Å². The summed E-state index contributed by atoms with van der Waals surface area (Å²) in [5.74, 6) is -0.331. The number of aliphatic hydroxyl groups is 1. The van der Waals surface area contributed by atoms with Crippen LogP contribution in [0.15, 0.2) is 57.7 Å². The topological polar surface area (TPSA) is 106 Å². The first-order chi connectivity index (χ1) is 11.0. The summed E-state index contributed by atoms with van der Waals surface area (Å²) in [4.78, 5) is 3.99. The third-order valence-electron chi connectivity index (χ3n) is 3.15. The largest absolute Gasteiger partial charge is 0.461 e. The number of aromatic nitrogens is 2. The maximum atomic E-state index is 12.2. The molecule has 0 saturated heterocycles. The Kier molecular flexibility index (Phi) is 4.26. The van der Waals surface area contributed by atoms with Crippen LogP contribution in [0.25, 0.3) is 11.6 Å². The molecule has 0 aliphatic rings. The number of aliphatic hydroxyl groups excluding tert-OH is 1. The summed E-state index contributed by atoms with van der Waals surface area (Å²) >= 11 is 0. The lowest BCUT2D eigenvalue weighted by molar-refractivity contribution is 0.201. The Balaban J connectivity index is 1.69. The van der Waals surface area contributed by atoms with Crippen molar-refractivity contribution < 1.29 is 22.5 Å². The van der Waals surface area contributed by atoms with Gasteiger partial charge in [-0.05, 0) is 17.7 Å². The minimum Gasteiger partial charge on any atom is -0.461 e. The van der Waals surface area contributed by atoms with Gasteiger partial charge in [0, 0.05) is 0 Å². The molecule has 2 aromatic heterocycles. The van der Waals surface area contributed by atoms with E-state index in [2.05, 4.69) is 10.1 Å². The summed E-state index contributed by atoms with van der Waals surface area (Å²) in [6, 6.07) is 11.9. The molecule has 3 rings (SSSR count). The zero-order chi connectivity index (χ0) is 16.3. The quantitative estimate of drug-likeness (QED) is 0.734. The molecule has 0 aliphatic heterocycles. The van der Waals surface area contributed by atoms with E-state index in [1.165, 1.54) is 6.26 Å². The van der Waals surface area contributed by atoms with Crippen LogP contribution in [0.3, 0.4) is 0 Å². The Labute approximate surface area is 132 Å². The maximum Gasteiger partial charge on any atom is 0.242 e. The molecule has 0 saturated carbocycles. The summed E-state index contributed by atoms with van der Waals surface area (Å²) in [5.41, 5.74) is 0.540. The number of hydrogen-bond donors (Lipinski definition) is 1. The van der Waals surface area contributed by atoms with E-state index in [0.717, 1.165) is 0 Å². The van der Waals surface area contributed by atoms with Crippen LogP contribution in [0, 0.1) is 0 Å². The van der Waals surface area contributed by atoms with E-state index < -0.39 is 27.4 Å². The van der Waals surface area contributed by atoms with E-state index in [9.17, 15) is 13.5 Å². The van der Waals surface area contributed by atoms with Gasteiger partial charge in [-0.15, -0.1) is 0 Å². The van der Waals surface area contributed by atoms with Gasteiger partial charge in [0.1, 0.15) is 5.75 Å². The van der Waals surface area contributed by atoms with Gasteiger partial charge in [-0.3, -0.25) is 0 Å². The number of hydrogen-bond acceptors (Lipinski definition) is 7. The molecule has 8 heteroatoms. The third-order valence-corrected chi connectivity index (χ3v) is 4.66. The summed E-state index contributed by atoms with van der Waals surface area (Å²) in [6.45, 7) is 0. The van der Waals surface area contributed by atoms with Crippen molar-refractivity contribution in [3.8, 4) is 11.6 Å². The van der Waals surface area contributed by atoms with E-state index in [4.69, 9.17) is 8.94 Å². The highest BCUT2D eigenvalue weighted by Gasteiger charge is 2.23. The fraction of sp³-hybridized carbons (Fsp3) is 0.200. The fourth-order valence-electron chi connectivity index (χ4n) is 2.08. The Morgan fingerprint density at radius 1 is 1.13 bits per heavy atom. The maximum absolute atomic E-state index is 12.2. The molecule has 1 unspecified atom stereocenters. The average Bonchev–Trinajstić information content (AvgIpc) is 3.18. The highest BCUT2D eigenvalue weighted by molar-refractivity contribution is 7.90. The first-order valence-electron chi connectivity index (χ1n) is 6.83. The Morgan fingerprint density at radius 2 is 1.91 bits per heavy atom. The SMILES string of the molecule is O=S(=O)(Cc1nc(-c2ccco2)no1)CC(O)c1ccccc1. The standard InChI is InChI=1S/C15H14N2O5S/c18-12(11-5-2-1-3-6-11)9-23(19,20)10-14-16-15(17-22-14)13-7-4-8-21-13/h1-8,12,18H,9-10H2. The fourth-order valence-corrected chi connectivity index (χ4v) is 3.36. The van der Waals surface area contributed by atoms with Crippen LogP contribution in [0.5, 0.6) is 0 Å². The summed E-state index contributed by atoms with van der Waals surface area (Å²) in [7, 11) is -3.61. The molecule has 2 heterocycles. The number of rotatable bonds is 6. The zero-order valence-corrected chi connectivity index (χ0v) is 12.8. The molecule has 0 radical (unpaired) electrons. The Morgan fingerprint density at radius 3 is 2.61 bits per heavy atom. The minimum absolute atomic E-state index is 0.0448. The Bertz CT molecular complexity index is 856. The average molecular weight is 334 g/mol. The molecule has 1 N–H and O–H groups in total. The van der Waals surface area contributed by atoms with Gasteiger partial charge in [-0.2, -0.15) is 4.98 Å². The van der Waals surface area contributed by atoms with Gasteiger partial charge in [-0.25, -0.2) is 8.42 Å². The number of nitrogens with zero attached hydrogens (tertiary/aromatic N) is 2. The van der Waals surface area contributed by atoms with E-state index in [0.29, 0.717) is 11.3 Å². The highest BCUT2D eigenvalue weighted by atomic mass is 32.2. The van der Waals surface area contributed by atoms with Crippen molar-refractivity contribution in [2.45, 2.75) is 11.9 Å². The first-order valence-corrected chi connectivity index (χ1v) is 8.65. The van der Waals surface area contributed by atoms with Crippen molar-refractivity contribution in [3.05, 3.63) is 60.2 Å². The lowest BCUT2D eigenvalue weighted by Crippen LogP contribution is -2.16. The minimum atomic E-state index is -3.61. The molecule has 3 aromatic rings. The lowest BCUT2D eigenvalue weighted by Gasteiger charge is -2.10. The van der Waals surface area contributed by atoms with E-state index in [1.807, 2.05) is 0 Å². The second kappa shape index (κ2) is 6.35. The van der Waals surface area contributed by atoms with Crippen LogP contribution in [-0.2, 0) is 15.6 Å². The lowest BCUT2D eigenvalue weighted by atomic mass is 10.1. The molecule has 1 aromatic carbocycles. The van der Waals surface area contributed by atoms with Gasteiger partial charge in [0.15, 0.2) is 15.6 Å². The molecule has 0 bridgehead atoms. The van der Waals surface area contributed by atoms with Crippen molar-refractivity contribution in [1.82, 2.24) is 10.1 Å². The van der Waals surface area contributed by atoms with Gasteiger partial charge in [0.25, 0.3) is 0 Å². The zero-order valence-electron chi connectivity index (χ0n) is 12.0. The second-order valence-electron chi connectivity index (χ2n) is 4.97. The van der Waals surface area contributed by atoms with Gasteiger partial charge < -0.3 is 14.0 Å². The van der Waals surface area contributed by atoms with Crippen LogP contribution in [0.4, 0.5) is 0 Å². The third kappa shape index (κ3) is 3.85. The summed E-state index contributed by atoms with van der Waals surface area (Å²) in [6.07, 6.45) is 0.354. The molecular weight excluding hydrogens is 320 g/mol. The molecule has 1 atom stereocenters. The molecule has 23 heavy (non-hydrogen) atoms. The summed E-state index contributed by atoms with van der Waals surface area (Å²) < 4.78 is 34.4. The molecule has 7 nitrogen and oxygen atoms in total. The first kappa shape index (κ1) is 15.4. The Hall–Kier alpha value is -2.45. The van der Waals surface area contributed by atoms with E-state index >= 15 is 0 Å². The van der Waals surface area contributed by atoms with E-state index in [1.54, 1.807) is 42.5 Å². The van der Waals surface area contributed by atoms with Crippen LogP contribution in [-0.4, -0.2) is 29.4 Å². The highest BCUT2D eigenvalue weighted by Crippen LogP contribution is 2.19. The van der Waals surface area contributed by atoms with Crippen LogP contribution >= 0.6 is 0 Å².